The van der Waals surface area contributed by atoms with E-state index in [1.165, 1.54) is 5.56 Å². The van der Waals surface area contributed by atoms with Gasteiger partial charge in [0.05, 0.1) is 0 Å². The molecule has 2 heterocycles. The third-order valence-electron chi connectivity index (χ3n) is 3.36. The van der Waals surface area contributed by atoms with Crippen molar-refractivity contribution in [2.75, 3.05) is 13.6 Å². The van der Waals surface area contributed by atoms with Gasteiger partial charge in [0, 0.05) is 24.4 Å². The summed E-state index contributed by atoms with van der Waals surface area (Å²) in [5.41, 5.74) is 6.59. The van der Waals surface area contributed by atoms with Gasteiger partial charge in [-0.15, -0.1) is 0 Å². The fourth-order valence-corrected chi connectivity index (χ4v) is 2.32. The molecule has 16 heavy (non-hydrogen) atoms. The summed E-state index contributed by atoms with van der Waals surface area (Å²) in [5, 5.41) is 0. The molecular formula is C12H17N3O. The Morgan fingerprint density at radius 2 is 2.19 bits per heavy atom. The van der Waals surface area contributed by atoms with Crippen LogP contribution in [-0.4, -0.2) is 29.4 Å². The zero-order valence-corrected chi connectivity index (χ0v) is 9.47. The van der Waals surface area contributed by atoms with Crippen molar-refractivity contribution >= 4 is 5.91 Å². The summed E-state index contributed by atoms with van der Waals surface area (Å²) >= 11 is 0. The Bertz CT molecular complexity index is 366. The highest BCUT2D eigenvalue weighted by atomic mass is 16.1. The SMILES string of the molecule is CN1CCC(C(N)=O)CC1c1ccncc1. The van der Waals surface area contributed by atoms with E-state index < -0.39 is 0 Å². The highest BCUT2D eigenvalue weighted by molar-refractivity contribution is 5.76. The largest absolute Gasteiger partial charge is 0.369 e. The van der Waals surface area contributed by atoms with Gasteiger partial charge in [0.1, 0.15) is 0 Å². The van der Waals surface area contributed by atoms with Crippen LogP contribution in [0.15, 0.2) is 24.5 Å². The highest BCUT2D eigenvalue weighted by Crippen LogP contribution is 2.32. The van der Waals surface area contributed by atoms with Crippen LogP contribution in [0, 0.1) is 5.92 Å². The van der Waals surface area contributed by atoms with Crippen molar-refractivity contribution in [3.8, 4) is 0 Å². The first-order valence-electron chi connectivity index (χ1n) is 5.58. The lowest BCUT2D eigenvalue weighted by Crippen LogP contribution is -2.38. The number of nitrogens with two attached hydrogens (primary N) is 1. The fourth-order valence-electron chi connectivity index (χ4n) is 2.32. The van der Waals surface area contributed by atoms with Crippen molar-refractivity contribution in [2.24, 2.45) is 11.7 Å². The van der Waals surface area contributed by atoms with Gasteiger partial charge in [-0.2, -0.15) is 0 Å². The van der Waals surface area contributed by atoms with E-state index in [1.54, 1.807) is 12.4 Å². The van der Waals surface area contributed by atoms with E-state index in [9.17, 15) is 4.79 Å². The summed E-state index contributed by atoms with van der Waals surface area (Å²) in [7, 11) is 2.09. The fraction of sp³-hybridized carbons (Fsp3) is 0.500. The number of amides is 1. The lowest BCUT2D eigenvalue weighted by molar-refractivity contribution is -0.123. The second-order valence-electron chi connectivity index (χ2n) is 4.40. The molecule has 0 bridgehead atoms. The number of primary amides is 1. The minimum absolute atomic E-state index is 0.00867. The van der Waals surface area contributed by atoms with Crippen molar-refractivity contribution in [1.82, 2.24) is 9.88 Å². The van der Waals surface area contributed by atoms with Crippen molar-refractivity contribution in [1.29, 1.82) is 0 Å². The summed E-state index contributed by atoms with van der Waals surface area (Å²) in [4.78, 5) is 17.5. The summed E-state index contributed by atoms with van der Waals surface area (Å²) in [5.74, 6) is -0.165. The molecule has 0 spiro atoms. The number of nitrogens with zero attached hydrogens (tertiary/aromatic N) is 2. The molecule has 1 fully saturated rings. The van der Waals surface area contributed by atoms with Gasteiger partial charge in [0.25, 0.3) is 0 Å². The molecule has 0 radical (unpaired) electrons. The number of carbonyl (C=O) groups excluding carboxylic acids is 1. The molecule has 86 valence electrons. The molecule has 2 atom stereocenters. The molecule has 0 aromatic carbocycles. The van der Waals surface area contributed by atoms with E-state index in [0.29, 0.717) is 0 Å². The topological polar surface area (TPSA) is 59.2 Å². The maximum atomic E-state index is 11.2. The first-order valence-corrected chi connectivity index (χ1v) is 5.58. The van der Waals surface area contributed by atoms with E-state index in [-0.39, 0.29) is 17.9 Å². The summed E-state index contributed by atoms with van der Waals surface area (Å²) in [6.07, 6.45) is 5.26. The Labute approximate surface area is 95.5 Å². The minimum Gasteiger partial charge on any atom is -0.369 e. The van der Waals surface area contributed by atoms with Crippen molar-refractivity contribution < 1.29 is 4.79 Å². The molecule has 1 aliphatic rings. The second kappa shape index (κ2) is 4.61. The normalized spacial score (nSPS) is 26.6. The van der Waals surface area contributed by atoms with Crippen molar-refractivity contribution in [2.45, 2.75) is 18.9 Å². The molecule has 2 unspecified atom stereocenters. The number of rotatable bonds is 2. The van der Waals surface area contributed by atoms with E-state index in [1.807, 2.05) is 12.1 Å². The lowest BCUT2D eigenvalue weighted by Gasteiger charge is -2.36. The molecule has 1 aliphatic heterocycles. The van der Waals surface area contributed by atoms with E-state index in [0.717, 1.165) is 19.4 Å². The first kappa shape index (κ1) is 11.1. The van der Waals surface area contributed by atoms with Crippen molar-refractivity contribution in [3.05, 3.63) is 30.1 Å². The maximum Gasteiger partial charge on any atom is 0.220 e. The van der Waals surface area contributed by atoms with Crippen LogP contribution in [-0.2, 0) is 4.79 Å². The van der Waals surface area contributed by atoms with Gasteiger partial charge in [-0.25, -0.2) is 0 Å². The van der Waals surface area contributed by atoms with E-state index in [4.69, 9.17) is 5.73 Å². The van der Waals surface area contributed by atoms with Crippen LogP contribution in [0.2, 0.25) is 0 Å². The lowest BCUT2D eigenvalue weighted by atomic mass is 9.87. The van der Waals surface area contributed by atoms with Crippen molar-refractivity contribution in [3.63, 3.8) is 0 Å². The number of hydrogen-bond donors (Lipinski definition) is 1. The molecule has 4 heteroatoms. The molecule has 2 N–H and O–H groups in total. The summed E-state index contributed by atoms with van der Waals surface area (Å²) in [6, 6.07) is 4.30. The maximum absolute atomic E-state index is 11.2. The van der Waals surface area contributed by atoms with Crippen LogP contribution in [0.25, 0.3) is 0 Å². The molecular weight excluding hydrogens is 202 g/mol. The van der Waals surface area contributed by atoms with E-state index in [2.05, 4.69) is 16.9 Å². The van der Waals surface area contributed by atoms with Gasteiger partial charge in [-0.3, -0.25) is 14.7 Å². The highest BCUT2D eigenvalue weighted by Gasteiger charge is 2.29. The van der Waals surface area contributed by atoms with Crippen LogP contribution in [0.3, 0.4) is 0 Å². The Hall–Kier alpha value is -1.42. The summed E-state index contributed by atoms with van der Waals surface area (Å²) in [6.45, 7) is 0.917. The monoisotopic (exact) mass is 219 g/mol. The third-order valence-corrected chi connectivity index (χ3v) is 3.36. The van der Waals surface area contributed by atoms with Gasteiger partial charge in [-0.1, -0.05) is 0 Å². The van der Waals surface area contributed by atoms with E-state index >= 15 is 0 Å². The predicted octanol–water partition coefficient (Wildman–Crippen LogP) is 0.950. The Balaban J connectivity index is 2.16. The quantitative estimate of drug-likeness (QED) is 0.805. The molecule has 1 saturated heterocycles. The first-order chi connectivity index (χ1) is 7.68. The Morgan fingerprint density at radius 1 is 1.50 bits per heavy atom. The Kier molecular flexibility index (Phi) is 3.19. The molecule has 2 rings (SSSR count). The van der Waals surface area contributed by atoms with Gasteiger partial charge in [0.15, 0.2) is 0 Å². The Morgan fingerprint density at radius 3 is 2.81 bits per heavy atom. The minimum atomic E-state index is -0.174. The van der Waals surface area contributed by atoms with Crippen LogP contribution in [0.4, 0.5) is 0 Å². The summed E-state index contributed by atoms with van der Waals surface area (Å²) < 4.78 is 0. The van der Waals surface area contributed by atoms with Crippen LogP contribution in [0.1, 0.15) is 24.4 Å². The second-order valence-corrected chi connectivity index (χ2v) is 4.40. The number of hydrogen-bond acceptors (Lipinski definition) is 3. The predicted molar refractivity (Wildman–Crippen MR) is 61.5 cm³/mol. The number of carbonyl (C=O) groups is 1. The average Bonchev–Trinajstić information content (AvgIpc) is 2.30. The number of likely N-dealkylation sites (tertiary alicyclic amines) is 1. The number of aromatic nitrogens is 1. The van der Waals surface area contributed by atoms with Crippen LogP contribution >= 0.6 is 0 Å². The molecule has 1 amide bonds. The third kappa shape index (κ3) is 2.22. The number of piperidine rings is 1. The molecule has 1 aromatic rings. The van der Waals surface area contributed by atoms with Crippen LogP contribution in [0.5, 0.6) is 0 Å². The average molecular weight is 219 g/mol. The molecule has 1 aromatic heterocycles. The number of pyridine rings is 1. The van der Waals surface area contributed by atoms with Gasteiger partial charge in [0.2, 0.25) is 5.91 Å². The molecule has 0 aliphatic carbocycles. The zero-order chi connectivity index (χ0) is 11.5. The standard InChI is InChI=1S/C12H17N3O/c1-15-7-4-10(12(13)16)8-11(15)9-2-5-14-6-3-9/h2-3,5-6,10-11H,4,7-8H2,1H3,(H2,13,16). The van der Waals surface area contributed by atoms with Gasteiger partial charge >= 0.3 is 0 Å². The van der Waals surface area contributed by atoms with Gasteiger partial charge < -0.3 is 5.73 Å². The molecule has 0 saturated carbocycles. The van der Waals surface area contributed by atoms with Crippen LogP contribution < -0.4 is 5.73 Å². The smallest absolute Gasteiger partial charge is 0.220 e. The molecule has 4 nitrogen and oxygen atoms in total. The zero-order valence-electron chi connectivity index (χ0n) is 9.47. The van der Waals surface area contributed by atoms with Gasteiger partial charge in [-0.05, 0) is 44.1 Å².